The maximum Gasteiger partial charge on any atom is 0.416 e. The summed E-state index contributed by atoms with van der Waals surface area (Å²) in [5, 5.41) is 2.63. The average Bonchev–Trinajstić information content (AvgIpc) is 2.85. The molecule has 1 amide bonds. The first-order chi connectivity index (χ1) is 17.4. The Hall–Kier alpha value is -3.24. The van der Waals surface area contributed by atoms with Gasteiger partial charge in [-0.15, -0.1) is 0 Å². The summed E-state index contributed by atoms with van der Waals surface area (Å²) in [6.07, 6.45) is -3.85. The van der Waals surface area contributed by atoms with Crippen LogP contribution in [0.5, 0.6) is 0 Å². The lowest BCUT2D eigenvalue weighted by Crippen LogP contribution is -2.30. The molecule has 196 valence electrons. The zero-order chi connectivity index (χ0) is 26.8. The summed E-state index contributed by atoms with van der Waals surface area (Å²) < 4.78 is 77.8. The quantitative estimate of drug-likeness (QED) is 0.414. The van der Waals surface area contributed by atoms with E-state index < -0.39 is 27.4 Å². The van der Waals surface area contributed by atoms with E-state index in [-0.39, 0.29) is 41.8 Å². The van der Waals surface area contributed by atoms with Crippen molar-refractivity contribution in [3.63, 3.8) is 0 Å². The predicted octanol–water partition coefficient (Wildman–Crippen LogP) is 5.38. The van der Waals surface area contributed by atoms with Crippen LogP contribution in [0.2, 0.25) is 0 Å². The first-order valence-electron chi connectivity index (χ1n) is 11.8. The Bertz CT molecular complexity index is 1400. The first kappa shape index (κ1) is 26.8. The molecule has 0 atom stereocenters. The van der Waals surface area contributed by atoms with Crippen LogP contribution in [-0.2, 0) is 46.7 Å². The predicted molar refractivity (Wildman–Crippen MR) is 132 cm³/mol. The zero-order valence-electron chi connectivity index (χ0n) is 20.1. The van der Waals surface area contributed by atoms with Crippen LogP contribution in [0.3, 0.4) is 0 Å². The largest absolute Gasteiger partial charge is 0.416 e. The fraction of sp³-hybridized carbons (Fsp3) is 0.296. The van der Waals surface area contributed by atoms with Gasteiger partial charge < -0.3 is 5.32 Å². The Labute approximate surface area is 213 Å². The van der Waals surface area contributed by atoms with Gasteiger partial charge in [0.05, 0.1) is 22.6 Å². The number of carbonyl (C=O) groups excluding carboxylic acids is 1. The molecule has 5 nitrogen and oxygen atoms in total. The van der Waals surface area contributed by atoms with Gasteiger partial charge in [0.15, 0.2) is 9.84 Å². The van der Waals surface area contributed by atoms with Crippen molar-refractivity contribution in [1.82, 2.24) is 4.90 Å². The van der Waals surface area contributed by atoms with Gasteiger partial charge >= 0.3 is 6.18 Å². The number of halogens is 4. The molecule has 4 rings (SSSR count). The number of hydrogen-bond donors (Lipinski definition) is 1. The zero-order valence-corrected chi connectivity index (χ0v) is 20.9. The molecule has 10 heteroatoms. The normalized spacial score (nSPS) is 14.3. The SMILES string of the molecule is CCS(=O)(=O)c1ccc(CC(=O)Nc2ccc(CN3CCc4ccc(C(F)(F)F)cc4C3)c(F)c2)cc1. The third-order valence-electron chi connectivity index (χ3n) is 6.38. The number of anilines is 1. The monoisotopic (exact) mass is 534 g/mol. The van der Waals surface area contributed by atoms with E-state index in [1.165, 1.54) is 24.3 Å². The fourth-order valence-electron chi connectivity index (χ4n) is 4.29. The summed E-state index contributed by atoms with van der Waals surface area (Å²) in [6, 6.07) is 14.2. The van der Waals surface area contributed by atoms with Crippen LogP contribution in [-0.4, -0.2) is 31.5 Å². The number of rotatable bonds is 7. The van der Waals surface area contributed by atoms with E-state index in [9.17, 15) is 30.8 Å². The fourth-order valence-corrected chi connectivity index (χ4v) is 5.18. The molecule has 3 aromatic carbocycles. The van der Waals surface area contributed by atoms with Gasteiger partial charge in [0.2, 0.25) is 5.91 Å². The highest BCUT2D eigenvalue weighted by atomic mass is 32.2. The number of nitrogens with one attached hydrogen (secondary N) is 1. The Kier molecular flexibility index (Phi) is 7.70. The van der Waals surface area contributed by atoms with Crippen molar-refractivity contribution in [3.05, 3.63) is 94.3 Å². The van der Waals surface area contributed by atoms with Crippen LogP contribution >= 0.6 is 0 Å². The van der Waals surface area contributed by atoms with Gasteiger partial charge in [0, 0.05) is 30.9 Å². The van der Waals surface area contributed by atoms with Crippen LogP contribution in [0.4, 0.5) is 23.2 Å². The molecular weight excluding hydrogens is 508 g/mol. The minimum atomic E-state index is -4.41. The highest BCUT2D eigenvalue weighted by Crippen LogP contribution is 2.32. The molecule has 0 aromatic heterocycles. The molecule has 37 heavy (non-hydrogen) atoms. The highest BCUT2D eigenvalue weighted by Gasteiger charge is 2.31. The Morgan fingerprint density at radius 3 is 2.38 bits per heavy atom. The smallest absolute Gasteiger partial charge is 0.326 e. The highest BCUT2D eigenvalue weighted by molar-refractivity contribution is 7.91. The topological polar surface area (TPSA) is 66.5 Å². The van der Waals surface area contributed by atoms with E-state index in [4.69, 9.17) is 0 Å². The Balaban J connectivity index is 1.36. The van der Waals surface area contributed by atoms with E-state index in [0.29, 0.717) is 29.7 Å². The summed E-state index contributed by atoms with van der Waals surface area (Å²) in [7, 11) is -3.33. The summed E-state index contributed by atoms with van der Waals surface area (Å²) in [5.41, 5.74) is 2.02. The number of sulfone groups is 1. The first-order valence-corrected chi connectivity index (χ1v) is 13.4. The van der Waals surface area contributed by atoms with Crippen LogP contribution in [0.15, 0.2) is 65.6 Å². The minimum Gasteiger partial charge on any atom is -0.326 e. The van der Waals surface area contributed by atoms with Crippen LogP contribution in [0.25, 0.3) is 0 Å². The number of hydrogen-bond acceptors (Lipinski definition) is 4. The molecule has 1 aliphatic rings. The van der Waals surface area contributed by atoms with Crippen molar-refractivity contribution >= 4 is 21.4 Å². The van der Waals surface area contributed by atoms with Gasteiger partial charge in [-0.05, 0) is 59.5 Å². The molecule has 0 fully saturated rings. The molecule has 0 bridgehead atoms. The molecule has 0 aliphatic carbocycles. The van der Waals surface area contributed by atoms with E-state index in [1.54, 1.807) is 31.2 Å². The molecule has 0 saturated carbocycles. The van der Waals surface area contributed by atoms with Gasteiger partial charge in [0.25, 0.3) is 0 Å². The summed E-state index contributed by atoms with van der Waals surface area (Å²) >= 11 is 0. The maximum absolute atomic E-state index is 14.8. The van der Waals surface area contributed by atoms with E-state index >= 15 is 0 Å². The minimum absolute atomic E-state index is 0.0110. The molecule has 0 saturated heterocycles. The third kappa shape index (κ3) is 6.56. The van der Waals surface area contributed by atoms with Gasteiger partial charge in [-0.25, -0.2) is 12.8 Å². The maximum atomic E-state index is 14.8. The van der Waals surface area contributed by atoms with Crippen molar-refractivity contribution in [1.29, 1.82) is 0 Å². The van der Waals surface area contributed by atoms with Crippen molar-refractivity contribution in [2.45, 2.75) is 43.9 Å². The number of alkyl halides is 3. The van der Waals surface area contributed by atoms with Crippen LogP contribution < -0.4 is 5.32 Å². The lowest BCUT2D eigenvalue weighted by Gasteiger charge is -2.29. The third-order valence-corrected chi connectivity index (χ3v) is 8.13. The van der Waals surface area contributed by atoms with E-state index in [2.05, 4.69) is 5.32 Å². The Morgan fingerprint density at radius 1 is 1.00 bits per heavy atom. The molecule has 1 heterocycles. The average molecular weight is 535 g/mol. The summed E-state index contributed by atoms with van der Waals surface area (Å²) in [5.74, 6) is -0.925. The number of carbonyl (C=O) groups is 1. The Morgan fingerprint density at radius 2 is 1.73 bits per heavy atom. The second-order valence-corrected chi connectivity index (χ2v) is 11.3. The molecule has 3 aromatic rings. The lowest BCUT2D eigenvalue weighted by atomic mass is 9.96. The molecule has 1 aliphatic heterocycles. The number of amides is 1. The standard InChI is InChI=1S/C27H26F4N2O3S/c1-2-37(35,36)24-9-3-18(4-10-24)13-26(34)32-23-8-6-20(25(28)15-23)16-33-12-11-19-5-7-22(27(29,30)31)14-21(19)17-33/h3-10,14-15H,2,11-13,16-17H2,1H3,(H,32,34). The van der Waals surface area contributed by atoms with Crippen molar-refractivity contribution in [3.8, 4) is 0 Å². The van der Waals surface area contributed by atoms with E-state index in [1.807, 2.05) is 4.90 Å². The number of fused-ring (bicyclic) bond motifs is 1. The van der Waals surface area contributed by atoms with E-state index in [0.717, 1.165) is 17.7 Å². The molecule has 0 radical (unpaired) electrons. The summed E-state index contributed by atoms with van der Waals surface area (Å²) in [4.78, 5) is 14.5. The molecule has 0 unspecified atom stereocenters. The van der Waals surface area contributed by atoms with Gasteiger partial charge in [-0.1, -0.05) is 31.2 Å². The number of benzene rings is 3. The van der Waals surface area contributed by atoms with Gasteiger partial charge in [-0.2, -0.15) is 13.2 Å². The molecule has 0 spiro atoms. The second kappa shape index (κ2) is 10.6. The van der Waals surface area contributed by atoms with Crippen molar-refractivity contribution in [2.24, 2.45) is 0 Å². The second-order valence-electron chi connectivity index (χ2n) is 9.02. The van der Waals surface area contributed by atoms with Crippen molar-refractivity contribution in [2.75, 3.05) is 17.6 Å². The van der Waals surface area contributed by atoms with Crippen molar-refractivity contribution < 1.29 is 30.8 Å². The summed E-state index contributed by atoms with van der Waals surface area (Å²) in [6.45, 7) is 2.66. The lowest BCUT2D eigenvalue weighted by molar-refractivity contribution is -0.137. The number of nitrogens with zero attached hydrogens (tertiary/aromatic N) is 1. The van der Waals surface area contributed by atoms with Crippen LogP contribution in [0.1, 0.15) is 34.7 Å². The molecular formula is C27H26F4N2O3S. The van der Waals surface area contributed by atoms with Gasteiger partial charge in [-0.3, -0.25) is 9.69 Å². The van der Waals surface area contributed by atoms with Gasteiger partial charge in [0.1, 0.15) is 5.82 Å². The molecule has 1 N–H and O–H groups in total. The van der Waals surface area contributed by atoms with Crippen LogP contribution in [0, 0.1) is 5.82 Å².